The van der Waals surface area contributed by atoms with Gasteiger partial charge in [-0.05, 0) is 67.6 Å². The lowest BCUT2D eigenvalue weighted by Gasteiger charge is -2.23. The molecule has 2 fully saturated rings. The van der Waals surface area contributed by atoms with Gasteiger partial charge in [0.2, 0.25) is 5.91 Å². The molecule has 0 atom stereocenters. The third-order valence-corrected chi connectivity index (χ3v) is 7.53. The molecule has 2 aromatic carbocycles. The predicted octanol–water partition coefficient (Wildman–Crippen LogP) is 3.59. The normalized spacial score (nSPS) is 16.0. The van der Waals surface area contributed by atoms with Crippen molar-refractivity contribution in [2.45, 2.75) is 55.6 Å². The Balaban J connectivity index is 1.36. The van der Waals surface area contributed by atoms with Crippen molar-refractivity contribution in [2.75, 3.05) is 5.75 Å². The average Bonchev–Trinajstić information content (AvgIpc) is 3.66. The van der Waals surface area contributed by atoms with E-state index in [1.165, 1.54) is 24.3 Å². The second-order valence-electron chi connectivity index (χ2n) is 8.22. The lowest BCUT2D eigenvalue weighted by atomic mass is 10.1. The zero-order valence-electron chi connectivity index (χ0n) is 17.1. The number of nitrogens with one attached hydrogen (secondary N) is 1. The second-order valence-corrected chi connectivity index (χ2v) is 10.8. The van der Waals surface area contributed by atoms with Crippen LogP contribution in [0.25, 0.3) is 0 Å². The van der Waals surface area contributed by atoms with Gasteiger partial charge in [0, 0.05) is 35.6 Å². The van der Waals surface area contributed by atoms with Crippen molar-refractivity contribution in [2.24, 2.45) is 0 Å². The summed E-state index contributed by atoms with van der Waals surface area (Å²) in [7, 11) is -3.55. The minimum atomic E-state index is -3.55. The van der Waals surface area contributed by atoms with Crippen LogP contribution >= 0.6 is 11.6 Å². The fraction of sp³-hybridized carbons (Fsp3) is 0.391. The molecule has 0 heterocycles. The summed E-state index contributed by atoms with van der Waals surface area (Å²) in [5.41, 5.74) is 1.53. The van der Waals surface area contributed by atoms with Crippen molar-refractivity contribution < 1.29 is 18.0 Å². The van der Waals surface area contributed by atoms with E-state index in [1.807, 2.05) is 12.1 Å². The summed E-state index contributed by atoms with van der Waals surface area (Å²) in [6, 6.07) is 13.7. The average molecular weight is 461 g/mol. The molecule has 0 aliphatic heterocycles. The number of amides is 2. The molecular weight excluding hydrogens is 436 g/mol. The van der Waals surface area contributed by atoms with E-state index in [0.29, 0.717) is 23.2 Å². The van der Waals surface area contributed by atoms with Gasteiger partial charge in [-0.25, -0.2) is 8.42 Å². The standard InChI is InChI=1S/C23H25ClN2O4S/c24-18-5-11-21(12-6-18)31(29,30)14-13-22(27)26(20-9-10-20)15-16-1-3-17(4-2-16)23(28)25-19-7-8-19/h1-6,11-12,19-20H,7-10,13-15H2,(H,25,28). The zero-order valence-corrected chi connectivity index (χ0v) is 18.7. The molecule has 0 bridgehead atoms. The van der Waals surface area contributed by atoms with Crippen LogP contribution < -0.4 is 5.32 Å². The first-order valence-corrected chi connectivity index (χ1v) is 12.5. The maximum absolute atomic E-state index is 12.8. The zero-order chi connectivity index (χ0) is 22.0. The lowest BCUT2D eigenvalue weighted by Crippen LogP contribution is -2.33. The van der Waals surface area contributed by atoms with Gasteiger partial charge in [0.15, 0.2) is 9.84 Å². The summed E-state index contributed by atoms with van der Waals surface area (Å²) in [4.78, 5) is 26.9. The predicted molar refractivity (Wildman–Crippen MR) is 119 cm³/mol. The molecule has 0 unspecified atom stereocenters. The van der Waals surface area contributed by atoms with E-state index in [2.05, 4.69) is 5.32 Å². The van der Waals surface area contributed by atoms with Crippen LogP contribution in [0.3, 0.4) is 0 Å². The van der Waals surface area contributed by atoms with Crippen LogP contribution in [0.15, 0.2) is 53.4 Å². The number of halogens is 1. The van der Waals surface area contributed by atoms with Crippen LogP contribution in [-0.4, -0.2) is 43.0 Å². The minimum Gasteiger partial charge on any atom is -0.349 e. The Bertz CT molecular complexity index is 1060. The third kappa shape index (κ3) is 5.86. The van der Waals surface area contributed by atoms with Crippen LogP contribution in [0.2, 0.25) is 5.02 Å². The van der Waals surface area contributed by atoms with Gasteiger partial charge < -0.3 is 10.2 Å². The molecular formula is C23H25ClN2O4S. The first-order valence-electron chi connectivity index (χ1n) is 10.5. The fourth-order valence-corrected chi connectivity index (χ4v) is 4.74. The fourth-order valence-electron chi connectivity index (χ4n) is 3.39. The minimum absolute atomic E-state index is 0.0661. The van der Waals surface area contributed by atoms with Crippen LogP contribution in [0.5, 0.6) is 0 Å². The Morgan fingerprint density at radius 2 is 1.61 bits per heavy atom. The van der Waals surface area contributed by atoms with Crippen LogP contribution in [0, 0.1) is 0 Å². The number of sulfone groups is 1. The van der Waals surface area contributed by atoms with E-state index in [1.54, 1.807) is 17.0 Å². The van der Waals surface area contributed by atoms with E-state index in [-0.39, 0.29) is 34.9 Å². The number of carbonyl (C=O) groups excluding carboxylic acids is 2. The summed E-state index contributed by atoms with van der Waals surface area (Å²) in [6.07, 6.45) is 3.87. The summed E-state index contributed by atoms with van der Waals surface area (Å²) in [5.74, 6) is -0.482. The molecule has 6 nitrogen and oxygen atoms in total. The van der Waals surface area contributed by atoms with Crippen molar-refractivity contribution >= 4 is 33.3 Å². The Kier molecular flexibility index (Phi) is 6.34. The first-order chi connectivity index (χ1) is 14.8. The first kappa shape index (κ1) is 21.8. The summed E-state index contributed by atoms with van der Waals surface area (Å²) < 4.78 is 25.1. The Morgan fingerprint density at radius 1 is 0.968 bits per heavy atom. The van der Waals surface area contributed by atoms with Gasteiger partial charge in [-0.15, -0.1) is 0 Å². The molecule has 2 aliphatic rings. The molecule has 0 saturated heterocycles. The summed E-state index contributed by atoms with van der Waals surface area (Å²) in [5, 5.41) is 3.42. The molecule has 2 saturated carbocycles. The Hall–Kier alpha value is -2.38. The van der Waals surface area contributed by atoms with Gasteiger partial charge in [-0.3, -0.25) is 9.59 Å². The van der Waals surface area contributed by atoms with Crippen molar-refractivity contribution in [3.63, 3.8) is 0 Å². The highest BCUT2D eigenvalue weighted by atomic mass is 35.5. The van der Waals surface area contributed by atoms with Gasteiger partial charge in [0.05, 0.1) is 10.6 Å². The van der Waals surface area contributed by atoms with Gasteiger partial charge in [-0.1, -0.05) is 23.7 Å². The summed E-state index contributed by atoms with van der Waals surface area (Å²) >= 11 is 5.82. The van der Waals surface area contributed by atoms with E-state index in [0.717, 1.165) is 31.2 Å². The smallest absolute Gasteiger partial charge is 0.251 e. The highest BCUT2D eigenvalue weighted by Crippen LogP contribution is 2.29. The monoisotopic (exact) mass is 460 g/mol. The number of benzene rings is 2. The number of rotatable bonds is 9. The van der Waals surface area contributed by atoms with Crippen molar-refractivity contribution in [3.8, 4) is 0 Å². The molecule has 2 amide bonds. The molecule has 2 aromatic rings. The molecule has 31 heavy (non-hydrogen) atoms. The summed E-state index contributed by atoms with van der Waals surface area (Å²) in [6.45, 7) is 0.412. The van der Waals surface area contributed by atoms with Crippen molar-refractivity contribution in [1.29, 1.82) is 0 Å². The lowest BCUT2D eigenvalue weighted by molar-refractivity contribution is -0.132. The number of carbonyl (C=O) groups is 2. The van der Waals surface area contributed by atoms with Gasteiger partial charge >= 0.3 is 0 Å². The van der Waals surface area contributed by atoms with E-state index >= 15 is 0 Å². The van der Waals surface area contributed by atoms with Crippen molar-refractivity contribution in [1.82, 2.24) is 10.2 Å². The SMILES string of the molecule is O=C(NC1CC1)c1ccc(CN(C(=O)CCS(=O)(=O)c2ccc(Cl)cc2)C2CC2)cc1. The van der Waals surface area contributed by atoms with E-state index in [4.69, 9.17) is 11.6 Å². The van der Waals surface area contributed by atoms with Crippen LogP contribution in [-0.2, 0) is 21.2 Å². The largest absolute Gasteiger partial charge is 0.349 e. The maximum atomic E-state index is 12.8. The second kappa shape index (κ2) is 9.01. The van der Waals surface area contributed by atoms with E-state index in [9.17, 15) is 18.0 Å². The van der Waals surface area contributed by atoms with Gasteiger partial charge in [0.1, 0.15) is 0 Å². The van der Waals surface area contributed by atoms with Crippen LogP contribution in [0.1, 0.15) is 48.0 Å². The van der Waals surface area contributed by atoms with E-state index < -0.39 is 9.84 Å². The molecule has 0 spiro atoms. The molecule has 0 aromatic heterocycles. The number of nitrogens with zero attached hydrogens (tertiary/aromatic N) is 1. The highest BCUT2D eigenvalue weighted by molar-refractivity contribution is 7.91. The highest BCUT2D eigenvalue weighted by Gasteiger charge is 2.33. The molecule has 4 rings (SSSR count). The Morgan fingerprint density at radius 3 is 2.19 bits per heavy atom. The van der Waals surface area contributed by atoms with Crippen molar-refractivity contribution in [3.05, 3.63) is 64.7 Å². The number of hydrogen-bond donors (Lipinski definition) is 1. The molecule has 2 aliphatic carbocycles. The molecule has 0 radical (unpaired) electrons. The molecule has 8 heteroatoms. The Labute approximate surface area is 187 Å². The molecule has 164 valence electrons. The molecule has 1 N–H and O–H groups in total. The van der Waals surface area contributed by atoms with Gasteiger partial charge in [0.25, 0.3) is 5.91 Å². The van der Waals surface area contributed by atoms with Gasteiger partial charge in [-0.2, -0.15) is 0 Å². The quantitative estimate of drug-likeness (QED) is 0.619. The topological polar surface area (TPSA) is 83.6 Å². The number of hydrogen-bond acceptors (Lipinski definition) is 4. The maximum Gasteiger partial charge on any atom is 0.251 e. The third-order valence-electron chi connectivity index (χ3n) is 5.55. The van der Waals surface area contributed by atoms with Crippen LogP contribution in [0.4, 0.5) is 0 Å².